The molecule has 246 valence electrons. The van der Waals surface area contributed by atoms with E-state index in [1.807, 2.05) is 54.6 Å². The van der Waals surface area contributed by atoms with Crippen molar-refractivity contribution in [3.8, 4) is 0 Å². The van der Waals surface area contributed by atoms with Gasteiger partial charge in [-0.1, -0.05) is 72.2 Å². The first kappa shape index (κ1) is 34.6. The molecule has 2 aliphatic heterocycles. The predicted octanol–water partition coefficient (Wildman–Crippen LogP) is 3.65. The number of hydrogen-bond acceptors (Lipinski definition) is 7. The van der Waals surface area contributed by atoms with E-state index in [4.69, 9.17) is 15.4 Å². The number of allylic oxidation sites excluding steroid dienone is 2. The minimum atomic E-state index is -0.430. The highest BCUT2D eigenvalue weighted by Crippen LogP contribution is 2.49. The Balaban J connectivity index is 1.35. The number of carbonyl (C=O) groups is 4. The second kappa shape index (κ2) is 18.0. The normalized spacial score (nSPS) is 22.5. The molecule has 1 aliphatic carbocycles. The molecule has 4 atom stereocenters. The Morgan fingerprint density at radius 1 is 1.02 bits per heavy atom. The van der Waals surface area contributed by atoms with Crippen LogP contribution in [-0.2, 0) is 23.9 Å². The fraction of sp³-hybridized carbons (Fsp3) is 0.529. The van der Waals surface area contributed by atoms with Crippen LogP contribution in [0.3, 0.4) is 0 Å². The van der Waals surface area contributed by atoms with Crippen molar-refractivity contribution in [1.82, 2.24) is 15.1 Å². The molecular weight excluding hydrogens is 588 g/mol. The molecule has 1 saturated carbocycles. The van der Waals surface area contributed by atoms with Crippen LogP contribution in [0.1, 0.15) is 44.1 Å². The Hall–Kier alpha value is -4.25. The summed E-state index contributed by atoms with van der Waals surface area (Å²) >= 11 is 0. The van der Waals surface area contributed by atoms with Gasteiger partial charge in [-0.25, -0.2) is 0 Å². The number of nitrogens with zero attached hydrogens (tertiary/aromatic N) is 5. The number of unbranched alkanes of at least 4 members (excludes halogenated alkanes) is 2. The lowest BCUT2D eigenvalue weighted by molar-refractivity contribution is -0.141. The van der Waals surface area contributed by atoms with Crippen molar-refractivity contribution in [2.45, 2.75) is 38.5 Å². The van der Waals surface area contributed by atoms with Crippen molar-refractivity contribution in [2.24, 2.45) is 28.8 Å². The molecule has 4 rings (SSSR count). The highest BCUT2D eigenvalue weighted by Gasteiger charge is 2.57. The highest BCUT2D eigenvalue weighted by atomic mass is 16.5. The zero-order chi connectivity index (χ0) is 32.7. The van der Waals surface area contributed by atoms with Gasteiger partial charge in [-0.2, -0.15) is 0 Å². The van der Waals surface area contributed by atoms with Crippen LogP contribution in [-0.4, -0.2) is 91.1 Å². The maximum atomic E-state index is 13.7. The van der Waals surface area contributed by atoms with Gasteiger partial charge in [0.15, 0.2) is 0 Å². The quantitative estimate of drug-likeness (QED) is 0.0824. The molecule has 2 heterocycles. The highest BCUT2D eigenvalue weighted by molar-refractivity contribution is 6.06. The number of imide groups is 1. The Morgan fingerprint density at radius 3 is 2.48 bits per heavy atom. The molecule has 46 heavy (non-hydrogen) atoms. The number of azide groups is 1. The zero-order valence-electron chi connectivity index (χ0n) is 26.2. The average molecular weight is 633 g/mol. The second-order valence-corrected chi connectivity index (χ2v) is 11.8. The number of benzene rings is 1. The summed E-state index contributed by atoms with van der Waals surface area (Å²) in [5.41, 5.74) is 10.3. The van der Waals surface area contributed by atoms with Gasteiger partial charge >= 0.3 is 0 Å². The predicted molar refractivity (Wildman–Crippen MR) is 173 cm³/mol. The molecule has 1 saturated heterocycles. The Bertz CT molecular complexity index is 1350. The smallest absolute Gasteiger partial charge is 0.233 e. The molecule has 0 spiro atoms. The molecule has 0 aromatic heterocycles. The minimum absolute atomic E-state index is 0.0199. The minimum Gasteiger partial charge on any atom is -0.395 e. The van der Waals surface area contributed by atoms with Crippen LogP contribution in [0, 0.1) is 23.7 Å². The van der Waals surface area contributed by atoms with Crippen LogP contribution >= 0.6 is 0 Å². The second-order valence-electron chi connectivity index (χ2n) is 11.8. The Morgan fingerprint density at radius 2 is 1.76 bits per heavy atom. The topological polar surface area (TPSA) is 165 Å². The van der Waals surface area contributed by atoms with Crippen LogP contribution in [0.15, 0.2) is 65.3 Å². The summed E-state index contributed by atoms with van der Waals surface area (Å²) in [6, 6.07) is 9.90. The SMILES string of the molecule is [N-]=[N+]=NCCOCCC(=O)N1CC=C(/C=C\C2CC(/C=C\c3ccccc3)C3C(=O)N(CCCCCC(=O)NCCO)C(=O)C23)C1. The number of likely N-dealkylation sites (tertiary alicyclic amines) is 1. The lowest BCUT2D eigenvalue weighted by atomic mass is 9.88. The summed E-state index contributed by atoms with van der Waals surface area (Å²) < 4.78 is 5.36. The van der Waals surface area contributed by atoms with Crippen molar-refractivity contribution in [2.75, 3.05) is 52.5 Å². The van der Waals surface area contributed by atoms with Gasteiger partial charge in [0.05, 0.1) is 38.1 Å². The third-order valence-corrected chi connectivity index (χ3v) is 8.73. The number of carbonyl (C=O) groups excluding carboxylic acids is 4. The number of fused-ring (bicyclic) bond motifs is 1. The number of nitrogens with one attached hydrogen (secondary N) is 1. The van der Waals surface area contributed by atoms with Crippen LogP contribution < -0.4 is 5.32 Å². The van der Waals surface area contributed by atoms with E-state index in [0.717, 1.165) is 11.1 Å². The van der Waals surface area contributed by atoms with E-state index in [2.05, 4.69) is 21.4 Å². The van der Waals surface area contributed by atoms with Crippen LogP contribution in [0.2, 0.25) is 0 Å². The maximum Gasteiger partial charge on any atom is 0.233 e. The number of hydrogen-bond donors (Lipinski definition) is 2. The van der Waals surface area contributed by atoms with Crippen molar-refractivity contribution in [1.29, 1.82) is 0 Å². The van der Waals surface area contributed by atoms with E-state index in [1.165, 1.54) is 4.90 Å². The number of aliphatic hydroxyl groups excluding tert-OH is 1. The lowest BCUT2D eigenvalue weighted by Crippen LogP contribution is -2.34. The summed E-state index contributed by atoms with van der Waals surface area (Å²) in [5, 5.41) is 14.9. The van der Waals surface area contributed by atoms with E-state index in [0.29, 0.717) is 51.7 Å². The fourth-order valence-corrected chi connectivity index (χ4v) is 6.42. The lowest BCUT2D eigenvalue weighted by Gasteiger charge is -2.19. The van der Waals surface area contributed by atoms with E-state index < -0.39 is 11.8 Å². The van der Waals surface area contributed by atoms with Crippen molar-refractivity contribution in [3.05, 3.63) is 76.2 Å². The van der Waals surface area contributed by atoms with Crippen molar-refractivity contribution >= 4 is 29.7 Å². The average Bonchev–Trinajstić information content (AvgIpc) is 3.75. The summed E-state index contributed by atoms with van der Waals surface area (Å²) in [7, 11) is 0. The molecule has 2 fully saturated rings. The van der Waals surface area contributed by atoms with Gasteiger partial charge in [0, 0.05) is 44.1 Å². The van der Waals surface area contributed by atoms with Crippen molar-refractivity contribution < 1.29 is 29.0 Å². The van der Waals surface area contributed by atoms with Gasteiger partial charge in [-0.15, -0.1) is 0 Å². The first-order valence-corrected chi connectivity index (χ1v) is 16.1. The molecule has 4 unspecified atom stereocenters. The molecule has 2 N–H and O–H groups in total. The van der Waals surface area contributed by atoms with E-state index in [9.17, 15) is 19.2 Å². The van der Waals surface area contributed by atoms with Gasteiger partial charge in [-0.3, -0.25) is 24.1 Å². The zero-order valence-corrected chi connectivity index (χ0v) is 26.2. The summed E-state index contributed by atoms with van der Waals surface area (Å²) in [4.78, 5) is 57.6. The van der Waals surface area contributed by atoms with Gasteiger partial charge in [-0.05, 0) is 47.8 Å². The number of rotatable bonds is 18. The largest absolute Gasteiger partial charge is 0.395 e. The van der Waals surface area contributed by atoms with Crippen molar-refractivity contribution in [3.63, 3.8) is 0 Å². The van der Waals surface area contributed by atoms with Gasteiger partial charge in [0.2, 0.25) is 23.6 Å². The molecule has 1 aromatic carbocycles. The summed E-state index contributed by atoms with van der Waals surface area (Å²) in [5.74, 6) is -1.41. The first-order chi connectivity index (χ1) is 22.4. The summed E-state index contributed by atoms with van der Waals surface area (Å²) in [6.45, 7) is 2.23. The Kier molecular flexibility index (Phi) is 13.6. The van der Waals surface area contributed by atoms with Gasteiger partial charge < -0.3 is 20.1 Å². The van der Waals surface area contributed by atoms with Gasteiger partial charge in [0.25, 0.3) is 0 Å². The van der Waals surface area contributed by atoms with Gasteiger partial charge in [0.1, 0.15) is 0 Å². The molecular formula is C34H44N6O6. The van der Waals surface area contributed by atoms with Crippen LogP contribution in [0.4, 0.5) is 0 Å². The molecule has 12 nitrogen and oxygen atoms in total. The number of ether oxygens (including phenoxy) is 1. The standard InChI is InChI=1S/C34H44N6O6/c35-38-37-17-22-46-21-15-30(43)39-19-14-26(24-39)11-13-28-23-27(12-10-25-7-3-1-4-8-25)31-32(28)34(45)40(33(31)44)18-6-2-5-9-29(42)36-16-20-41/h1,3-4,7-8,10-14,27-28,31-32,41H,2,5-6,9,15-24H2,(H,36,42)/b12-10-,13-11-. The molecule has 0 bridgehead atoms. The summed E-state index contributed by atoms with van der Waals surface area (Å²) in [6.07, 6.45) is 13.4. The van der Waals surface area contributed by atoms with Crippen LogP contribution in [0.5, 0.6) is 0 Å². The third-order valence-electron chi connectivity index (χ3n) is 8.73. The first-order valence-electron chi connectivity index (χ1n) is 16.1. The molecule has 0 radical (unpaired) electrons. The maximum absolute atomic E-state index is 13.7. The van der Waals surface area contributed by atoms with Crippen LogP contribution in [0.25, 0.3) is 16.5 Å². The molecule has 3 aliphatic rings. The molecule has 4 amide bonds. The van der Waals surface area contributed by atoms with E-state index in [-0.39, 0.29) is 74.8 Å². The Labute approximate surface area is 269 Å². The third kappa shape index (κ3) is 9.62. The number of amides is 4. The monoisotopic (exact) mass is 632 g/mol. The van der Waals surface area contributed by atoms with E-state index >= 15 is 0 Å². The fourth-order valence-electron chi connectivity index (χ4n) is 6.42. The molecule has 12 heteroatoms. The number of aliphatic hydroxyl groups is 1. The van der Waals surface area contributed by atoms with E-state index in [1.54, 1.807) is 4.90 Å². The molecule has 1 aromatic rings.